The van der Waals surface area contributed by atoms with Crippen LogP contribution in [-0.2, 0) is 5.41 Å². The molecular weight excluding hydrogens is 665 g/mol. The number of rotatable bonds is 6. The monoisotopic (exact) mass is 696 g/mol. The van der Waals surface area contributed by atoms with Crippen molar-refractivity contribution >= 4 is 27.1 Å². The smallest absolute Gasteiger partial charge is 0.164 e. The van der Waals surface area contributed by atoms with Gasteiger partial charge in [-0.25, -0.2) is 15.0 Å². The fourth-order valence-corrected chi connectivity index (χ4v) is 9.03. The predicted molar refractivity (Wildman–Crippen MR) is 219 cm³/mol. The van der Waals surface area contributed by atoms with Crippen LogP contribution in [0.2, 0.25) is 0 Å². The molecule has 0 aliphatic heterocycles. The number of anilines is 1. The maximum atomic E-state index is 6.12. The summed E-state index contributed by atoms with van der Waals surface area (Å²) < 4.78 is 1.27. The fourth-order valence-electron chi connectivity index (χ4n) is 8.05. The highest BCUT2D eigenvalue weighted by atomic mass is 32.1. The van der Waals surface area contributed by atoms with Gasteiger partial charge in [-0.1, -0.05) is 158 Å². The number of fused-ring (bicyclic) bond motifs is 5. The first-order chi connectivity index (χ1) is 26.2. The molecular formula is C48H32N4S. The van der Waals surface area contributed by atoms with Gasteiger partial charge in [-0.15, -0.1) is 11.3 Å². The van der Waals surface area contributed by atoms with Crippen LogP contribution < -0.4 is 5.73 Å². The topological polar surface area (TPSA) is 64.7 Å². The van der Waals surface area contributed by atoms with Gasteiger partial charge < -0.3 is 5.73 Å². The maximum Gasteiger partial charge on any atom is 0.164 e. The average molecular weight is 697 g/mol. The Balaban J connectivity index is 1.19. The molecule has 0 bridgehead atoms. The molecule has 2 heterocycles. The minimum absolute atomic E-state index is 0.552. The highest BCUT2D eigenvalue weighted by Gasteiger charge is 2.47. The Morgan fingerprint density at radius 3 is 1.55 bits per heavy atom. The van der Waals surface area contributed by atoms with E-state index >= 15 is 0 Å². The number of hydrogen-bond donors (Lipinski definition) is 1. The van der Waals surface area contributed by atoms with E-state index in [1.165, 1.54) is 54.6 Å². The van der Waals surface area contributed by atoms with E-state index in [1.807, 2.05) is 72.8 Å². The van der Waals surface area contributed by atoms with Crippen LogP contribution in [0.5, 0.6) is 0 Å². The van der Waals surface area contributed by atoms with Crippen molar-refractivity contribution in [1.82, 2.24) is 15.0 Å². The molecule has 4 nitrogen and oxygen atoms in total. The van der Waals surface area contributed by atoms with Crippen LogP contribution in [0.15, 0.2) is 181 Å². The van der Waals surface area contributed by atoms with Crippen molar-refractivity contribution in [3.05, 3.63) is 204 Å². The van der Waals surface area contributed by atoms with Gasteiger partial charge in [0, 0.05) is 38.0 Å². The Hall–Kier alpha value is -6.69. The van der Waals surface area contributed by atoms with E-state index in [0.717, 1.165) is 22.4 Å². The van der Waals surface area contributed by atoms with Crippen LogP contribution in [0.3, 0.4) is 0 Å². The SMILES string of the molecule is Nc1ccc(-c2csc3ccc4c(c23)-c2ccccc2C4(c2ccccc2)c2ccc(-c3nc(-c4ccccc4)nc(-c4ccccc4)n3)cc2)cc1. The molecule has 5 heteroatoms. The number of nitrogens with two attached hydrogens (primary N) is 1. The highest BCUT2D eigenvalue weighted by molar-refractivity contribution is 7.17. The van der Waals surface area contributed by atoms with Gasteiger partial charge in [0.15, 0.2) is 17.5 Å². The number of nitrogens with zero attached hydrogens (tertiary/aromatic N) is 3. The van der Waals surface area contributed by atoms with Gasteiger partial charge >= 0.3 is 0 Å². The van der Waals surface area contributed by atoms with Crippen LogP contribution in [0.25, 0.3) is 66.5 Å². The van der Waals surface area contributed by atoms with E-state index in [2.05, 4.69) is 109 Å². The number of benzene rings is 7. The minimum Gasteiger partial charge on any atom is -0.399 e. The molecule has 1 aliphatic rings. The molecule has 10 rings (SSSR count). The molecule has 7 aromatic carbocycles. The van der Waals surface area contributed by atoms with E-state index in [-0.39, 0.29) is 0 Å². The van der Waals surface area contributed by atoms with Crippen molar-refractivity contribution in [2.75, 3.05) is 5.73 Å². The van der Waals surface area contributed by atoms with Crippen molar-refractivity contribution in [3.63, 3.8) is 0 Å². The number of thiophene rings is 1. The zero-order valence-corrected chi connectivity index (χ0v) is 29.5. The van der Waals surface area contributed by atoms with Crippen LogP contribution in [0.1, 0.15) is 22.3 Å². The molecule has 2 N–H and O–H groups in total. The van der Waals surface area contributed by atoms with Crippen LogP contribution in [0.4, 0.5) is 5.69 Å². The Kier molecular flexibility index (Phi) is 7.34. The third-order valence-electron chi connectivity index (χ3n) is 10.4. The van der Waals surface area contributed by atoms with Crippen molar-refractivity contribution in [2.24, 2.45) is 0 Å². The second-order valence-electron chi connectivity index (χ2n) is 13.4. The molecule has 53 heavy (non-hydrogen) atoms. The van der Waals surface area contributed by atoms with Crippen molar-refractivity contribution in [2.45, 2.75) is 5.41 Å². The van der Waals surface area contributed by atoms with Crippen LogP contribution in [-0.4, -0.2) is 15.0 Å². The molecule has 1 atom stereocenters. The molecule has 0 saturated carbocycles. The van der Waals surface area contributed by atoms with Crippen LogP contribution in [0, 0.1) is 0 Å². The lowest BCUT2D eigenvalue weighted by molar-refractivity contribution is 0.769. The summed E-state index contributed by atoms with van der Waals surface area (Å²) in [4.78, 5) is 14.9. The molecule has 1 aliphatic carbocycles. The van der Waals surface area contributed by atoms with E-state index in [4.69, 9.17) is 20.7 Å². The van der Waals surface area contributed by atoms with E-state index in [1.54, 1.807) is 11.3 Å². The molecule has 2 aromatic heterocycles. The first kappa shape index (κ1) is 31.1. The van der Waals surface area contributed by atoms with Gasteiger partial charge in [-0.2, -0.15) is 0 Å². The van der Waals surface area contributed by atoms with Gasteiger partial charge in [0.1, 0.15) is 0 Å². The molecule has 0 radical (unpaired) electrons. The standard InChI is InChI=1S/C48H32N4S/c49-37-26-22-31(23-27-37)39-30-53-42-29-28-41-43(44(39)42)38-18-10-11-19-40(38)48(41,35-16-8-3-9-17-35)36-24-20-34(21-25-36)47-51-45(32-12-4-1-5-13-32)50-46(52-47)33-14-6-2-7-15-33/h1-30H,49H2. The van der Waals surface area contributed by atoms with Crippen molar-refractivity contribution < 1.29 is 0 Å². The zero-order chi connectivity index (χ0) is 35.4. The number of aromatic nitrogens is 3. The Bertz CT molecular complexity index is 2700. The normalized spacial score (nSPS) is 14.6. The Labute approximate surface area is 312 Å². The molecule has 0 spiro atoms. The Morgan fingerprint density at radius 1 is 0.415 bits per heavy atom. The van der Waals surface area contributed by atoms with E-state index < -0.39 is 5.41 Å². The molecule has 250 valence electrons. The van der Waals surface area contributed by atoms with Gasteiger partial charge in [0.05, 0.1) is 5.41 Å². The summed E-state index contributed by atoms with van der Waals surface area (Å²) in [6, 6.07) is 61.9. The van der Waals surface area contributed by atoms with E-state index in [0.29, 0.717) is 17.5 Å². The first-order valence-electron chi connectivity index (χ1n) is 17.7. The molecule has 0 saturated heterocycles. The lowest BCUT2D eigenvalue weighted by Gasteiger charge is -2.34. The summed E-state index contributed by atoms with van der Waals surface area (Å²) >= 11 is 1.79. The zero-order valence-electron chi connectivity index (χ0n) is 28.6. The van der Waals surface area contributed by atoms with Crippen molar-refractivity contribution in [1.29, 1.82) is 0 Å². The van der Waals surface area contributed by atoms with Gasteiger partial charge in [0.2, 0.25) is 0 Å². The second kappa shape index (κ2) is 12.5. The third-order valence-corrected chi connectivity index (χ3v) is 11.4. The number of hydrogen-bond acceptors (Lipinski definition) is 5. The molecule has 0 fully saturated rings. The predicted octanol–water partition coefficient (Wildman–Crippen LogP) is 11.7. The van der Waals surface area contributed by atoms with Crippen LogP contribution >= 0.6 is 11.3 Å². The summed E-state index contributed by atoms with van der Waals surface area (Å²) in [5, 5.41) is 3.57. The molecule has 1 unspecified atom stereocenters. The fraction of sp³-hybridized carbons (Fsp3) is 0.0208. The third kappa shape index (κ3) is 5.01. The summed E-state index contributed by atoms with van der Waals surface area (Å²) in [5.41, 5.74) is 19.1. The second-order valence-corrected chi connectivity index (χ2v) is 14.3. The summed E-state index contributed by atoms with van der Waals surface area (Å²) in [6.07, 6.45) is 0. The van der Waals surface area contributed by atoms with Gasteiger partial charge in [-0.05, 0) is 62.5 Å². The summed E-state index contributed by atoms with van der Waals surface area (Å²) in [6.45, 7) is 0. The summed E-state index contributed by atoms with van der Waals surface area (Å²) in [5.74, 6) is 1.93. The highest BCUT2D eigenvalue weighted by Crippen LogP contribution is 2.59. The minimum atomic E-state index is -0.552. The summed E-state index contributed by atoms with van der Waals surface area (Å²) in [7, 11) is 0. The van der Waals surface area contributed by atoms with Gasteiger partial charge in [0.25, 0.3) is 0 Å². The lowest BCUT2D eigenvalue weighted by Crippen LogP contribution is -2.28. The quantitative estimate of drug-likeness (QED) is 0.176. The lowest BCUT2D eigenvalue weighted by atomic mass is 9.67. The van der Waals surface area contributed by atoms with E-state index in [9.17, 15) is 0 Å². The Morgan fingerprint density at radius 2 is 0.925 bits per heavy atom. The largest absolute Gasteiger partial charge is 0.399 e. The molecule has 0 amide bonds. The maximum absolute atomic E-state index is 6.12. The van der Waals surface area contributed by atoms with Gasteiger partial charge in [-0.3, -0.25) is 0 Å². The molecule has 9 aromatic rings. The van der Waals surface area contributed by atoms with Crippen molar-refractivity contribution in [3.8, 4) is 56.4 Å². The first-order valence-corrected chi connectivity index (χ1v) is 18.6. The number of nitrogen functional groups attached to an aromatic ring is 1. The average Bonchev–Trinajstić information content (AvgIpc) is 3.80.